The van der Waals surface area contributed by atoms with Gasteiger partial charge >= 0.3 is 0 Å². The van der Waals surface area contributed by atoms with Crippen LogP contribution in [0.2, 0.25) is 0 Å². The van der Waals surface area contributed by atoms with Crippen molar-refractivity contribution in [3.63, 3.8) is 0 Å². The normalized spacial score (nSPS) is 20.9. The van der Waals surface area contributed by atoms with E-state index in [1.54, 1.807) is 0 Å². The maximum Gasteiger partial charge on any atom is 0.182 e. The second-order valence-corrected chi connectivity index (χ2v) is 6.34. The summed E-state index contributed by atoms with van der Waals surface area (Å²) in [4.78, 5) is 0. The number of benzene rings is 1. The first kappa shape index (κ1) is 11.6. The van der Waals surface area contributed by atoms with Crippen LogP contribution >= 0.6 is 15.9 Å². The molecule has 0 aliphatic heterocycles. The summed E-state index contributed by atoms with van der Waals surface area (Å²) < 4.78 is 2.84. The molecule has 1 aliphatic rings. The van der Waals surface area contributed by atoms with E-state index in [9.17, 15) is 0 Å². The smallest absolute Gasteiger partial charge is 0.182 e. The Bertz CT molecular complexity index is 584. The van der Waals surface area contributed by atoms with Gasteiger partial charge in [-0.1, -0.05) is 29.8 Å². The highest BCUT2D eigenvalue weighted by Crippen LogP contribution is 2.55. The molecule has 0 amide bonds. The van der Waals surface area contributed by atoms with Crippen molar-refractivity contribution in [2.45, 2.75) is 26.3 Å². The predicted molar refractivity (Wildman–Crippen MR) is 72.8 cm³/mol. The SMILES string of the molecule is CC1(C)CC1n1nnnc1-c1cc(N)cc(Br)c1. The molecule has 1 heterocycles. The molecule has 5 nitrogen and oxygen atoms in total. The standard InChI is InChI=1S/C12H14BrN5/c1-12(2)6-10(12)18-11(15-16-17-18)7-3-8(13)5-9(14)4-7/h3-5,10H,6,14H2,1-2H3. The average Bonchev–Trinajstić information content (AvgIpc) is 2.74. The van der Waals surface area contributed by atoms with Crippen LogP contribution in [0.4, 0.5) is 5.69 Å². The fourth-order valence-corrected chi connectivity index (χ4v) is 2.70. The predicted octanol–water partition coefficient (Wildman–Crippen LogP) is 2.66. The molecule has 3 rings (SSSR count). The molecule has 94 valence electrons. The number of aromatic nitrogens is 4. The van der Waals surface area contributed by atoms with E-state index in [1.165, 1.54) is 0 Å². The number of hydrogen-bond donors (Lipinski definition) is 1. The minimum absolute atomic E-state index is 0.279. The molecule has 1 aromatic carbocycles. The second-order valence-electron chi connectivity index (χ2n) is 5.43. The van der Waals surface area contributed by atoms with Gasteiger partial charge in [0.25, 0.3) is 0 Å². The molecule has 1 fully saturated rings. The number of hydrogen-bond acceptors (Lipinski definition) is 4. The lowest BCUT2D eigenvalue weighted by Gasteiger charge is -2.07. The van der Waals surface area contributed by atoms with E-state index in [2.05, 4.69) is 45.3 Å². The largest absolute Gasteiger partial charge is 0.399 e. The van der Waals surface area contributed by atoms with Crippen molar-refractivity contribution in [3.8, 4) is 11.4 Å². The molecular weight excluding hydrogens is 294 g/mol. The summed E-state index contributed by atoms with van der Waals surface area (Å²) in [6.07, 6.45) is 1.11. The van der Waals surface area contributed by atoms with Crippen LogP contribution in [-0.2, 0) is 0 Å². The Morgan fingerprint density at radius 1 is 1.39 bits per heavy atom. The summed E-state index contributed by atoms with van der Waals surface area (Å²) >= 11 is 3.44. The molecule has 0 bridgehead atoms. The summed E-state index contributed by atoms with van der Waals surface area (Å²) in [6, 6.07) is 6.11. The lowest BCUT2D eigenvalue weighted by molar-refractivity contribution is 0.497. The molecule has 1 atom stereocenters. The maximum atomic E-state index is 5.85. The molecule has 1 aliphatic carbocycles. The van der Waals surface area contributed by atoms with Crippen LogP contribution in [0.3, 0.4) is 0 Å². The van der Waals surface area contributed by atoms with Gasteiger partial charge in [0.05, 0.1) is 6.04 Å². The molecule has 1 aromatic heterocycles. The van der Waals surface area contributed by atoms with Gasteiger partial charge in [-0.25, -0.2) is 4.68 Å². The van der Waals surface area contributed by atoms with Crippen molar-refractivity contribution in [1.29, 1.82) is 0 Å². The topological polar surface area (TPSA) is 69.6 Å². The van der Waals surface area contributed by atoms with Gasteiger partial charge in [-0.2, -0.15) is 0 Å². The first-order valence-corrected chi connectivity index (χ1v) is 6.61. The minimum Gasteiger partial charge on any atom is -0.399 e. The number of halogens is 1. The minimum atomic E-state index is 0.279. The van der Waals surface area contributed by atoms with E-state index < -0.39 is 0 Å². The summed E-state index contributed by atoms with van der Waals surface area (Å²) in [5.74, 6) is 0.776. The highest BCUT2D eigenvalue weighted by Gasteiger charge is 2.49. The lowest BCUT2D eigenvalue weighted by Crippen LogP contribution is -2.05. The molecule has 18 heavy (non-hydrogen) atoms. The molecule has 2 aromatic rings. The lowest BCUT2D eigenvalue weighted by atomic mass is 10.1. The number of nitrogen functional groups attached to an aromatic ring is 1. The van der Waals surface area contributed by atoms with Gasteiger partial charge in [0.15, 0.2) is 5.82 Å². The summed E-state index contributed by atoms with van der Waals surface area (Å²) in [5.41, 5.74) is 7.77. The molecule has 1 saturated carbocycles. The van der Waals surface area contributed by atoms with E-state index in [0.29, 0.717) is 11.7 Å². The van der Waals surface area contributed by atoms with Crippen LogP contribution in [0.1, 0.15) is 26.3 Å². The highest BCUT2D eigenvalue weighted by atomic mass is 79.9. The van der Waals surface area contributed by atoms with Gasteiger partial charge in [-0.3, -0.25) is 0 Å². The summed E-state index contributed by atoms with van der Waals surface area (Å²) in [5, 5.41) is 12.0. The monoisotopic (exact) mass is 307 g/mol. The average molecular weight is 308 g/mol. The van der Waals surface area contributed by atoms with Gasteiger partial charge in [0.2, 0.25) is 0 Å². The first-order chi connectivity index (χ1) is 8.47. The van der Waals surface area contributed by atoms with Crippen LogP contribution in [0.25, 0.3) is 11.4 Å². The van der Waals surface area contributed by atoms with Crippen molar-refractivity contribution in [1.82, 2.24) is 20.2 Å². The van der Waals surface area contributed by atoms with Crippen molar-refractivity contribution in [3.05, 3.63) is 22.7 Å². The van der Waals surface area contributed by atoms with Crippen LogP contribution in [0, 0.1) is 5.41 Å². The number of anilines is 1. The van der Waals surface area contributed by atoms with Gasteiger partial charge in [-0.05, 0) is 40.5 Å². The van der Waals surface area contributed by atoms with Gasteiger partial charge < -0.3 is 5.73 Å². The van der Waals surface area contributed by atoms with E-state index in [4.69, 9.17) is 5.73 Å². The van der Waals surface area contributed by atoms with Crippen LogP contribution in [-0.4, -0.2) is 20.2 Å². The van der Waals surface area contributed by atoms with E-state index in [0.717, 1.165) is 22.3 Å². The Hall–Kier alpha value is -1.43. The first-order valence-electron chi connectivity index (χ1n) is 5.82. The molecule has 2 N–H and O–H groups in total. The fraction of sp³-hybridized carbons (Fsp3) is 0.417. The Labute approximate surface area is 113 Å². The third-order valence-corrected chi connectivity index (χ3v) is 3.89. The number of nitrogens with zero attached hydrogens (tertiary/aromatic N) is 4. The molecule has 6 heteroatoms. The highest BCUT2D eigenvalue weighted by molar-refractivity contribution is 9.10. The van der Waals surface area contributed by atoms with Crippen molar-refractivity contribution >= 4 is 21.6 Å². The number of tetrazole rings is 1. The Balaban J connectivity index is 2.05. The zero-order valence-electron chi connectivity index (χ0n) is 10.3. The molecule has 0 saturated heterocycles. The Morgan fingerprint density at radius 2 is 2.11 bits per heavy atom. The molecule has 1 unspecified atom stereocenters. The summed E-state index contributed by atoms with van der Waals surface area (Å²) in [6.45, 7) is 4.44. The second kappa shape index (κ2) is 3.78. The molecule has 0 spiro atoms. The quantitative estimate of drug-likeness (QED) is 0.866. The third kappa shape index (κ3) is 1.90. The van der Waals surface area contributed by atoms with E-state index >= 15 is 0 Å². The van der Waals surface area contributed by atoms with E-state index in [-0.39, 0.29) is 5.41 Å². The Morgan fingerprint density at radius 3 is 2.72 bits per heavy atom. The van der Waals surface area contributed by atoms with Crippen molar-refractivity contribution in [2.75, 3.05) is 5.73 Å². The maximum absolute atomic E-state index is 5.85. The van der Waals surface area contributed by atoms with Gasteiger partial charge in [0, 0.05) is 15.7 Å². The van der Waals surface area contributed by atoms with E-state index in [1.807, 2.05) is 22.9 Å². The zero-order valence-corrected chi connectivity index (χ0v) is 11.8. The van der Waals surface area contributed by atoms with Crippen LogP contribution in [0.15, 0.2) is 22.7 Å². The van der Waals surface area contributed by atoms with Gasteiger partial charge in [-0.15, -0.1) is 5.10 Å². The third-order valence-electron chi connectivity index (χ3n) is 3.43. The van der Waals surface area contributed by atoms with Crippen molar-refractivity contribution in [2.24, 2.45) is 5.41 Å². The molecule has 0 radical (unpaired) electrons. The fourth-order valence-electron chi connectivity index (χ4n) is 2.19. The van der Waals surface area contributed by atoms with Crippen LogP contribution in [0.5, 0.6) is 0 Å². The van der Waals surface area contributed by atoms with Gasteiger partial charge in [0.1, 0.15) is 0 Å². The number of nitrogens with two attached hydrogens (primary N) is 1. The van der Waals surface area contributed by atoms with Crippen LogP contribution < -0.4 is 5.73 Å². The molecular formula is C12H14BrN5. The number of rotatable bonds is 2. The Kier molecular flexibility index (Phi) is 2.45. The van der Waals surface area contributed by atoms with Crippen molar-refractivity contribution < 1.29 is 0 Å². The zero-order chi connectivity index (χ0) is 12.9. The summed E-state index contributed by atoms with van der Waals surface area (Å²) in [7, 11) is 0.